The molecule has 9 nitrogen and oxygen atoms in total. The second-order valence-electron chi connectivity index (χ2n) is 6.11. The van der Waals surface area contributed by atoms with Gasteiger partial charge >= 0.3 is 31.3 Å². The van der Waals surface area contributed by atoms with E-state index < -0.39 is 77.9 Å². The number of hydrogen-bond acceptors (Lipinski definition) is 8. The second-order valence-corrected chi connectivity index (χ2v) is 9.17. The van der Waals surface area contributed by atoms with E-state index in [0.717, 1.165) is 12.2 Å². The van der Waals surface area contributed by atoms with E-state index in [1.165, 1.54) is 0 Å². The van der Waals surface area contributed by atoms with Crippen molar-refractivity contribution in [2.24, 2.45) is 17.8 Å². The highest BCUT2D eigenvalue weighted by Crippen LogP contribution is 2.58. The van der Waals surface area contributed by atoms with E-state index in [2.05, 4.69) is 8.47 Å². The maximum absolute atomic E-state index is 12.6. The van der Waals surface area contributed by atoms with E-state index in [4.69, 9.17) is 0 Å². The summed E-state index contributed by atoms with van der Waals surface area (Å²) >= 11 is 0. The summed E-state index contributed by atoms with van der Waals surface area (Å²) in [5.41, 5.74) is -14.4. The number of carbonyl (C=O) groups excluding carboxylic acids is 2. The largest absolute Gasteiger partial charge is 0.525 e. The third-order valence-electron chi connectivity index (χ3n) is 4.48. The van der Waals surface area contributed by atoms with Crippen LogP contribution in [0.15, 0.2) is 12.2 Å². The minimum Gasteiger partial charge on any atom is -0.272 e. The fourth-order valence-electron chi connectivity index (χ4n) is 3.46. The van der Waals surface area contributed by atoms with Gasteiger partial charge in [0, 0.05) is 0 Å². The molecule has 1 heterocycles. The lowest BCUT2D eigenvalue weighted by molar-refractivity contribution is -0.170. The molecule has 0 N–H and O–H groups in total. The highest BCUT2D eigenvalue weighted by Gasteiger charge is 2.71. The molecule has 1 saturated heterocycles. The van der Waals surface area contributed by atoms with Crippen LogP contribution in [0.25, 0.3) is 0 Å². The summed E-state index contributed by atoms with van der Waals surface area (Å²) in [6, 6.07) is 0. The number of fused-ring (bicyclic) bond motifs is 5. The Bertz CT molecular complexity index is 984. The number of carbonyl (C=O) groups is 2. The maximum Gasteiger partial charge on any atom is 0.525 e. The molecule has 0 radical (unpaired) electrons. The normalized spacial score (nSPS) is 33.1. The summed E-state index contributed by atoms with van der Waals surface area (Å²) in [6.07, 6.45) is 1.27. The number of nitrogens with zero attached hydrogens (tertiary/aromatic N) is 1. The van der Waals surface area contributed by atoms with Crippen LogP contribution in [0, 0.1) is 17.8 Å². The Balaban J connectivity index is 1.96. The van der Waals surface area contributed by atoms with Gasteiger partial charge in [0.2, 0.25) is 0 Å². The van der Waals surface area contributed by atoms with Crippen LogP contribution in [0.2, 0.25) is 0 Å². The van der Waals surface area contributed by atoms with Crippen molar-refractivity contribution in [3.8, 4) is 0 Å². The average Bonchev–Trinajstić information content (AvgIpc) is 3.10. The first-order valence-electron chi connectivity index (χ1n) is 7.03. The Labute approximate surface area is 152 Å². The molecule has 17 heteroatoms. The van der Waals surface area contributed by atoms with E-state index >= 15 is 0 Å². The van der Waals surface area contributed by atoms with Crippen LogP contribution in [0.1, 0.15) is 6.42 Å². The van der Waals surface area contributed by atoms with Gasteiger partial charge in [0.15, 0.2) is 0 Å². The lowest BCUT2D eigenvalue weighted by Gasteiger charge is -2.29. The molecule has 28 heavy (non-hydrogen) atoms. The van der Waals surface area contributed by atoms with E-state index in [-0.39, 0.29) is 0 Å². The molecule has 0 aromatic heterocycles. The summed E-state index contributed by atoms with van der Waals surface area (Å²) < 4.78 is 128. The molecule has 1 aliphatic heterocycles. The van der Waals surface area contributed by atoms with Gasteiger partial charge in [-0.15, -0.1) is 9.35 Å². The molecule has 158 valence electrons. The average molecular weight is 459 g/mol. The third-order valence-corrected chi connectivity index (χ3v) is 6.49. The Morgan fingerprint density at radius 1 is 0.964 bits per heavy atom. The number of imide groups is 1. The Morgan fingerprint density at radius 3 is 2.00 bits per heavy atom. The number of rotatable bonds is 4. The summed E-state index contributed by atoms with van der Waals surface area (Å²) in [6.45, 7) is 0. The molecule has 4 atom stereocenters. The minimum absolute atomic E-state index is 0.561. The third kappa shape index (κ3) is 2.82. The number of allylic oxidation sites excluding steroid dienone is 1. The van der Waals surface area contributed by atoms with Crippen molar-refractivity contribution in [1.82, 2.24) is 5.06 Å². The van der Waals surface area contributed by atoms with Crippen LogP contribution in [0.5, 0.6) is 0 Å². The monoisotopic (exact) mass is 459 g/mol. The van der Waals surface area contributed by atoms with Gasteiger partial charge in [0.1, 0.15) is 5.60 Å². The first-order valence-corrected chi connectivity index (χ1v) is 9.85. The summed E-state index contributed by atoms with van der Waals surface area (Å²) in [4.78, 5) is 24.5. The molecular weight excluding hydrogens is 452 g/mol. The Hall–Kier alpha value is -1.72. The molecule has 2 aliphatic carbocycles. The van der Waals surface area contributed by atoms with Crippen molar-refractivity contribution < 1.29 is 61.2 Å². The highest BCUT2D eigenvalue weighted by molar-refractivity contribution is 7.87. The number of amides is 2. The van der Waals surface area contributed by atoms with Crippen LogP contribution < -0.4 is 0 Å². The predicted octanol–water partition coefficient (Wildman–Crippen LogP) is 0.564. The van der Waals surface area contributed by atoms with Crippen molar-refractivity contribution >= 4 is 32.1 Å². The quantitative estimate of drug-likeness (QED) is 0.197. The van der Waals surface area contributed by atoms with E-state index in [0.29, 0.717) is 0 Å². The zero-order chi connectivity index (χ0) is 21.5. The molecule has 2 bridgehead atoms. The van der Waals surface area contributed by atoms with Crippen LogP contribution in [-0.4, -0.2) is 50.3 Å². The van der Waals surface area contributed by atoms with Crippen molar-refractivity contribution in [3.63, 3.8) is 0 Å². The van der Waals surface area contributed by atoms with Gasteiger partial charge < -0.3 is 0 Å². The van der Waals surface area contributed by atoms with Gasteiger partial charge in [-0.05, 0) is 12.3 Å². The van der Waals surface area contributed by atoms with Crippen LogP contribution >= 0.6 is 0 Å². The van der Waals surface area contributed by atoms with Gasteiger partial charge in [-0.2, -0.15) is 43.2 Å². The van der Waals surface area contributed by atoms with Crippen molar-refractivity contribution in [2.45, 2.75) is 23.0 Å². The van der Waals surface area contributed by atoms with Crippen LogP contribution in [0.4, 0.5) is 26.3 Å². The van der Waals surface area contributed by atoms with Crippen molar-refractivity contribution in [1.29, 1.82) is 0 Å². The van der Waals surface area contributed by atoms with Gasteiger partial charge in [-0.3, -0.25) is 13.8 Å². The molecule has 0 aromatic rings. The maximum atomic E-state index is 12.6. The first-order chi connectivity index (χ1) is 12.4. The standard InChI is InChI=1S/C11H7F6NO8S2/c12-10(13,14)27(21,22)25-9-2-1-4(3-9)5-6(9)8(20)18(7(5)19)26-28(23,24)11(15,16)17/h1-2,4-6H,3H2. The topological polar surface area (TPSA) is 124 Å². The van der Waals surface area contributed by atoms with Crippen molar-refractivity contribution in [3.05, 3.63) is 12.2 Å². The molecule has 3 aliphatic rings. The fraction of sp³-hybridized carbons (Fsp3) is 0.636. The van der Waals surface area contributed by atoms with Crippen LogP contribution in [0.3, 0.4) is 0 Å². The van der Waals surface area contributed by atoms with Crippen LogP contribution in [-0.2, 0) is 38.3 Å². The van der Waals surface area contributed by atoms with E-state index in [1.54, 1.807) is 0 Å². The van der Waals surface area contributed by atoms with Gasteiger partial charge in [0.25, 0.3) is 11.8 Å². The van der Waals surface area contributed by atoms with Gasteiger partial charge in [-0.1, -0.05) is 12.2 Å². The fourth-order valence-corrected chi connectivity index (χ4v) is 4.61. The number of hydrogen-bond donors (Lipinski definition) is 0. The van der Waals surface area contributed by atoms with Gasteiger partial charge in [-0.25, -0.2) is 0 Å². The molecule has 1 saturated carbocycles. The summed E-state index contributed by atoms with van der Waals surface area (Å²) in [5.74, 6) is -8.09. The lowest BCUT2D eigenvalue weighted by Crippen LogP contribution is -2.46. The van der Waals surface area contributed by atoms with Crippen molar-refractivity contribution in [2.75, 3.05) is 0 Å². The first kappa shape index (κ1) is 21.0. The second kappa shape index (κ2) is 5.67. The minimum atomic E-state index is -6.45. The molecule has 0 aromatic carbocycles. The van der Waals surface area contributed by atoms with E-state index in [9.17, 15) is 52.8 Å². The molecule has 0 spiro atoms. The SMILES string of the molecule is O=C1C2C3C=CC(OS(=O)(=O)C(F)(F)F)(C3)C2C(=O)N1OS(=O)(=O)C(F)(F)F. The Kier molecular flexibility index (Phi) is 4.25. The van der Waals surface area contributed by atoms with Gasteiger partial charge in [0.05, 0.1) is 11.8 Å². The summed E-state index contributed by atoms with van der Waals surface area (Å²) in [5, 5.41) is -0.740. The zero-order valence-electron chi connectivity index (χ0n) is 12.9. The molecule has 2 amide bonds. The lowest BCUT2D eigenvalue weighted by atomic mass is 9.83. The molecule has 4 unspecified atom stereocenters. The number of hydroxylamine groups is 2. The smallest absolute Gasteiger partial charge is 0.272 e. The Morgan fingerprint density at radius 2 is 1.50 bits per heavy atom. The molecular formula is C11H7F6NO8S2. The highest BCUT2D eigenvalue weighted by atomic mass is 32.2. The number of alkyl halides is 6. The number of halogens is 6. The summed E-state index contributed by atoms with van der Waals surface area (Å²) in [7, 11) is -12.7. The zero-order valence-corrected chi connectivity index (χ0v) is 14.5. The predicted molar refractivity (Wildman–Crippen MR) is 70.9 cm³/mol. The van der Waals surface area contributed by atoms with E-state index in [1.807, 2.05) is 0 Å². The molecule has 3 rings (SSSR count). The molecule has 2 fully saturated rings.